The molecule has 1 aromatic rings. The Morgan fingerprint density at radius 3 is 3.29 bits per heavy atom. The van der Waals surface area contributed by atoms with Gasteiger partial charge < -0.3 is 10.0 Å². The zero-order valence-corrected chi connectivity index (χ0v) is 8.54. The molecule has 76 valence electrons. The van der Waals surface area contributed by atoms with Gasteiger partial charge in [0, 0.05) is 11.9 Å². The molecule has 2 rings (SSSR count). The molecule has 1 aliphatic heterocycles. The van der Waals surface area contributed by atoms with Crippen molar-refractivity contribution in [1.82, 2.24) is 9.88 Å². The van der Waals surface area contributed by atoms with Crippen molar-refractivity contribution in [3.05, 3.63) is 16.6 Å². The average Bonchev–Trinajstić information content (AvgIpc) is 2.87. The highest BCUT2D eigenvalue weighted by atomic mass is 32.1. The first-order valence-corrected chi connectivity index (χ1v) is 5.57. The number of hydrogen-bond acceptors (Lipinski definition) is 4. The van der Waals surface area contributed by atoms with Crippen LogP contribution in [0.15, 0.2) is 10.9 Å². The number of nitrogens with zero attached hydrogens (tertiary/aromatic N) is 2. The normalized spacial score (nSPS) is 21.5. The fourth-order valence-corrected chi connectivity index (χ4v) is 2.28. The Morgan fingerprint density at radius 1 is 1.79 bits per heavy atom. The first-order valence-electron chi connectivity index (χ1n) is 4.63. The molecule has 0 aromatic carbocycles. The molecule has 1 fully saturated rings. The molecule has 0 spiro atoms. The van der Waals surface area contributed by atoms with Crippen LogP contribution < -0.4 is 0 Å². The SMILES string of the molecule is O=C(c1cscn1)N1CCC[C@H]1CO. The minimum atomic E-state index is -0.0530. The van der Waals surface area contributed by atoms with E-state index >= 15 is 0 Å². The molecule has 1 amide bonds. The van der Waals surface area contributed by atoms with E-state index < -0.39 is 0 Å². The lowest BCUT2D eigenvalue weighted by molar-refractivity contribution is 0.0672. The number of aliphatic hydroxyl groups is 1. The molecule has 4 nitrogen and oxygen atoms in total. The fraction of sp³-hybridized carbons (Fsp3) is 0.556. The number of carbonyl (C=O) groups is 1. The van der Waals surface area contributed by atoms with Crippen LogP contribution >= 0.6 is 11.3 Å². The predicted octanol–water partition coefficient (Wildman–Crippen LogP) is 0.740. The number of amides is 1. The van der Waals surface area contributed by atoms with E-state index in [0.29, 0.717) is 5.69 Å². The molecular formula is C9H12N2O2S. The number of rotatable bonds is 2. The first-order chi connectivity index (χ1) is 6.83. The zero-order valence-electron chi connectivity index (χ0n) is 7.72. The third-order valence-electron chi connectivity index (χ3n) is 2.50. The van der Waals surface area contributed by atoms with Gasteiger partial charge in [-0.25, -0.2) is 4.98 Å². The van der Waals surface area contributed by atoms with E-state index in [9.17, 15) is 4.79 Å². The number of carbonyl (C=O) groups excluding carboxylic acids is 1. The monoisotopic (exact) mass is 212 g/mol. The lowest BCUT2D eigenvalue weighted by Gasteiger charge is -2.21. The Morgan fingerprint density at radius 2 is 2.64 bits per heavy atom. The van der Waals surface area contributed by atoms with E-state index in [0.717, 1.165) is 19.4 Å². The van der Waals surface area contributed by atoms with E-state index in [1.165, 1.54) is 11.3 Å². The smallest absolute Gasteiger partial charge is 0.273 e. The second-order valence-electron chi connectivity index (χ2n) is 3.35. The molecule has 14 heavy (non-hydrogen) atoms. The molecule has 1 aromatic heterocycles. The number of aromatic nitrogens is 1. The van der Waals surface area contributed by atoms with E-state index in [2.05, 4.69) is 4.98 Å². The Labute approximate surface area is 86.2 Å². The van der Waals surface area contributed by atoms with Gasteiger partial charge in [0.1, 0.15) is 5.69 Å². The molecule has 0 saturated carbocycles. The van der Waals surface area contributed by atoms with Crippen LogP contribution in [0.2, 0.25) is 0 Å². The molecule has 0 unspecified atom stereocenters. The van der Waals surface area contributed by atoms with Gasteiger partial charge in [-0.2, -0.15) is 0 Å². The summed E-state index contributed by atoms with van der Waals surface area (Å²) in [4.78, 5) is 17.5. The molecule has 0 bridgehead atoms. The van der Waals surface area contributed by atoms with Gasteiger partial charge >= 0.3 is 0 Å². The molecule has 0 radical (unpaired) electrons. The maximum atomic E-state index is 11.8. The van der Waals surface area contributed by atoms with Crippen molar-refractivity contribution in [2.45, 2.75) is 18.9 Å². The van der Waals surface area contributed by atoms with Crippen molar-refractivity contribution in [2.75, 3.05) is 13.2 Å². The van der Waals surface area contributed by atoms with Gasteiger partial charge in [0.05, 0.1) is 18.2 Å². The minimum Gasteiger partial charge on any atom is -0.394 e. The molecule has 1 N–H and O–H groups in total. The summed E-state index contributed by atoms with van der Waals surface area (Å²) in [5.41, 5.74) is 2.15. The highest BCUT2D eigenvalue weighted by Gasteiger charge is 2.29. The fourth-order valence-electron chi connectivity index (χ4n) is 1.76. The molecule has 1 atom stereocenters. The lowest BCUT2D eigenvalue weighted by Crippen LogP contribution is -2.37. The molecular weight excluding hydrogens is 200 g/mol. The molecule has 1 aliphatic rings. The summed E-state index contributed by atoms with van der Waals surface area (Å²) < 4.78 is 0. The minimum absolute atomic E-state index is 0.0100. The Kier molecular flexibility index (Phi) is 2.79. The van der Waals surface area contributed by atoms with Gasteiger partial charge in [-0.15, -0.1) is 11.3 Å². The van der Waals surface area contributed by atoms with Gasteiger partial charge in [0.15, 0.2) is 0 Å². The van der Waals surface area contributed by atoms with Crippen molar-refractivity contribution in [1.29, 1.82) is 0 Å². The van der Waals surface area contributed by atoms with Gasteiger partial charge in [-0.1, -0.05) is 0 Å². The maximum absolute atomic E-state index is 11.8. The van der Waals surface area contributed by atoms with Crippen LogP contribution in [0.4, 0.5) is 0 Å². The molecule has 2 heterocycles. The standard InChI is InChI=1S/C9H12N2O2S/c12-4-7-2-1-3-11(7)9(13)8-5-14-6-10-8/h5-7,12H,1-4H2/t7-/m0/s1. The van der Waals surface area contributed by atoms with Crippen molar-refractivity contribution in [2.24, 2.45) is 0 Å². The van der Waals surface area contributed by atoms with Crippen LogP contribution in [-0.4, -0.2) is 40.1 Å². The van der Waals surface area contributed by atoms with Crippen LogP contribution in [0.5, 0.6) is 0 Å². The molecule has 5 heteroatoms. The summed E-state index contributed by atoms with van der Waals surface area (Å²) in [5.74, 6) is -0.0530. The second kappa shape index (κ2) is 4.06. The molecule has 0 aliphatic carbocycles. The third-order valence-corrected chi connectivity index (χ3v) is 3.09. The number of likely N-dealkylation sites (tertiary alicyclic amines) is 1. The van der Waals surface area contributed by atoms with Crippen molar-refractivity contribution >= 4 is 17.2 Å². The van der Waals surface area contributed by atoms with Crippen molar-refractivity contribution in [3.8, 4) is 0 Å². The average molecular weight is 212 g/mol. The summed E-state index contributed by atoms with van der Waals surface area (Å²) >= 11 is 1.41. The van der Waals surface area contributed by atoms with Crippen LogP contribution in [-0.2, 0) is 0 Å². The number of hydrogen-bond donors (Lipinski definition) is 1. The molecule has 1 saturated heterocycles. The summed E-state index contributed by atoms with van der Waals surface area (Å²) in [7, 11) is 0. The van der Waals surface area contributed by atoms with Crippen molar-refractivity contribution < 1.29 is 9.90 Å². The summed E-state index contributed by atoms with van der Waals surface area (Å²) in [6, 6.07) is -0.0100. The van der Waals surface area contributed by atoms with E-state index in [4.69, 9.17) is 5.11 Å². The predicted molar refractivity (Wildman–Crippen MR) is 53.3 cm³/mol. The van der Waals surface area contributed by atoms with E-state index in [-0.39, 0.29) is 18.6 Å². The Balaban J connectivity index is 2.11. The Bertz CT molecular complexity index is 313. The quantitative estimate of drug-likeness (QED) is 0.786. The first kappa shape index (κ1) is 9.61. The van der Waals surface area contributed by atoms with E-state index in [1.807, 2.05) is 0 Å². The van der Waals surface area contributed by atoms with Gasteiger partial charge in [0.2, 0.25) is 0 Å². The van der Waals surface area contributed by atoms with Gasteiger partial charge in [-0.3, -0.25) is 4.79 Å². The lowest BCUT2D eigenvalue weighted by atomic mass is 10.2. The number of thiazole rings is 1. The summed E-state index contributed by atoms with van der Waals surface area (Å²) in [6.45, 7) is 0.789. The van der Waals surface area contributed by atoms with Crippen LogP contribution in [0, 0.1) is 0 Å². The number of aliphatic hydroxyl groups excluding tert-OH is 1. The van der Waals surface area contributed by atoms with Gasteiger partial charge in [-0.05, 0) is 12.8 Å². The van der Waals surface area contributed by atoms with Gasteiger partial charge in [0.25, 0.3) is 5.91 Å². The van der Waals surface area contributed by atoms with Crippen molar-refractivity contribution in [3.63, 3.8) is 0 Å². The van der Waals surface area contributed by atoms with Crippen LogP contribution in [0.3, 0.4) is 0 Å². The highest BCUT2D eigenvalue weighted by Crippen LogP contribution is 2.19. The largest absolute Gasteiger partial charge is 0.394 e. The topological polar surface area (TPSA) is 53.4 Å². The third kappa shape index (κ3) is 1.65. The van der Waals surface area contributed by atoms with Crippen LogP contribution in [0.25, 0.3) is 0 Å². The zero-order chi connectivity index (χ0) is 9.97. The summed E-state index contributed by atoms with van der Waals surface area (Å²) in [6.07, 6.45) is 1.87. The summed E-state index contributed by atoms with van der Waals surface area (Å²) in [5, 5.41) is 10.8. The highest BCUT2D eigenvalue weighted by molar-refractivity contribution is 7.07. The maximum Gasteiger partial charge on any atom is 0.273 e. The second-order valence-corrected chi connectivity index (χ2v) is 4.07. The van der Waals surface area contributed by atoms with E-state index in [1.54, 1.807) is 15.8 Å². The Hall–Kier alpha value is -0.940. The van der Waals surface area contributed by atoms with Crippen LogP contribution in [0.1, 0.15) is 23.3 Å².